The Kier molecular flexibility index (Phi) is 30.2. The molecule has 1 heterocycles. The summed E-state index contributed by atoms with van der Waals surface area (Å²) in [4.78, 5) is 164. The van der Waals surface area contributed by atoms with Crippen LogP contribution < -0.4 is 65.5 Å². The number of nitrogens with two attached hydrogens (primary N) is 4. The van der Waals surface area contributed by atoms with E-state index in [1.165, 1.54) is 48.5 Å². The number of aldehydes is 1. The maximum Gasteiger partial charge on any atom is 0.246 e. The number of primary amides is 2. The summed E-state index contributed by atoms with van der Waals surface area (Å²) < 4.78 is 0. The Morgan fingerprint density at radius 3 is 1.56 bits per heavy atom. The average Bonchev–Trinajstić information content (AvgIpc) is 2.61. The number of rotatable bonds is 37. The number of nitrogens with one attached hydrogen (secondary N) is 8. The van der Waals surface area contributed by atoms with Crippen LogP contribution in [0.25, 0.3) is 0 Å². The number of carbonyl (C=O) groups excluding carboxylic acids is 12. The average molecular weight is 1220 g/mol. The molecule has 0 aromatic heterocycles. The van der Waals surface area contributed by atoms with Crippen LogP contribution in [0.4, 0.5) is 0 Å². The van der Waals surface area contributed by atoms with Crippen LogP contribution in [-0.4, -0.2) is 182 Å². The number of benzene rings is 2. The predicted molar refractivity (Wildman–Crippen MR) is 315 cm³/mol. The highest BCUT2D eigenvalue weighted by Crippen LogP contribution is 2.21. The zero-order valence-corrected chi connectivity index (χ0v) is 50.1. The summed E-state index contributed by atoms with van der Waals surface area (Å²) >= 11 is 0. The Morgan fingerprint density at radius 2 is 1.07 bits per heavy atom. The van der Waals surface area contributed by atoms with Crippen molar-refractivity contribution in [3.63, 3.8) is 0 Å². The van der Waals surface area contributed by atoms with E-state index >= 15 is 0 Å². The summed E-state index contributed by atoms with van der Waals surface area (Å²) in [5, 5.41) is 61.4. The second-order valence-electron chi connectivity index (χ2n) is 22.4. The van der Waals surface area contributed by atoms with E-state index in [-0.39, 0.29) is 68.4 Å². The Labute approximate surface area is 505 Å². The normalized spacial score (nSPS) is 17.1. The van der Waals surface area contributed by atoms with Crippen LogP contribution in [-0.2, 0) is 70.4 Å². The van der Waals surface area contributed by atoms with E-state index in [1.807, 2.05) is 6.92 Å². The summed E-state index contributed by atoms with van der Waals surface area (Å²) in [6.45, 7) is 9.65. The molecular weight excluding hydrogens is 1130 g/mol. The van der Waals surface area contributed by atoms with Crippen molar-refractivity contribution in [2.75, 3.05) is 13.1 Å². The SMILES string of the molecule is CC[C@H](C)[C@@H](C=O)NC(=O)[C@H](Cc1ccc(O)cc1)NC(=O)[C@@H](NC(=O)[C@@H](NC(=O)[C@@H]1CCCN1C(=O)[C@H](CC(N)=O)NC(=O)[C@H](CCC(N)=O)NC(=O)[C@H](Cc1ccc(O)cc1)NC(=O)[C@H](CC(C)C)NC(=O)[C@@H](N)CCCCN)[C@@H](C)O)[C@@H](C)O. The molecule has 29 nitrogen and oxygen atoms in total. The number of hydrogen-bond donors (Lipinski definition) is 16. The minimum Gasteiger partial charge on any atom is -0.508 e. The third kappa shape index (κ3) is 24.2. The highest BCUT2D eigenvalue weighted by molar-refractivity contribution is 6.00. The van der Waals surface area contributed by atoms with Crippen molar-refractivity contribution in [1.82, 2.24) is 47.4 Å². The van der Waals surface area contributed by atoms with Gasteiger partial charge in [-0.3, -0.25) is 52.7 Å². The largest absolute Gasteiger partial charge is 0.508 e. The van der Waals surface area contributed by atoms with E-state index < -0.39 is 157 Å². The molecule has 0 spiro atoms. The number of phenolic OH excluding ortho intramolecular Hbond substituents is 2. The summed E-state index contributed by atoms with van der Waals surface area (Å²) in [5.41, 5.74) is 23.6. The molecule has 29 heteroatoms. The Hall–Kier alpha value is -8.28. The van der Waals surface area contributed by atoms with Gasteiger partial charge < -0.3 is 95.6 Å². The zero-order valence-electron chi connectivity index (χ0n) is 50.1. The molecule has 0 saturated carbocycles. The van der Waals surface area contributed by atoms with Crippen LogP contribution in [0.5, 0.6) is 11.5 Å². The lowest BCUT2D eigenvalue weighted by Gasteiger charge is -2.31. The van der Waals surface area contributed by atoms with Gasteiger partial charge in [0.2, 0.25) is 65.0 Å². The van der Waals surface area contributed by atoms with E-state index in [0.29, 0.717) is 43.2 Å². The fourth-order valence-electron chi connectivity index (χ4n) is 9.45. The van der Waals surface area contributed by atoms with Gasteiger partial charge in [-0.05, 0) is 106 Å². The highest BCUT2D eigenvalue weighted by Gasteiger charge is 2.42. The molecule has 20 N–H and O–H groups in total. The molecule has 1 aliphatic heterocycles. The molecule has 0 radical (unpaired) electrons. The first-order chi connectivity index (χ1) is 41.0. The highest BCUT2D eigenvalue weighted by atomic mass is 16.3. The number of hydrogen-bond acceptors (Lipinski definition) is 18. The monoisotopic (exact) mass is 1220 g/mol. The van der Waals surface area contributed by atoms with E-state index in [4.69, 9.17) is 22.9 Å². The van der Waals surface area contributed by atoms with E-state index in [2.05, 4.69) is 42.5 Å². The second-order valence-corrected chi connectivity index (χ2v) is 22.4. The van der Waals surface area contributed by atoms with Crippen LogP contribution in [0.2, 0.25) is 0 Å². The number of aliphatic hydroxyl groups excluding tert-OH is 2. The Morgan fingerprint density at radius 1 is 0.598 bits per heavy atom. The van der Waals surface area contributed by atoms with Gasteiger partial charge in [-0.2, -0.15) is 0 Å². The standard InChI is InChI=1S/C58H89N13O16/c1-7-31(4)44(29-72)68-54(83)42(27-35-15-19-37(76)20-16-35)66-56(85)48(32(5)73)70-57(86)49(33(6)74)69-55(84)45-12-10-24-71(45)58(87)43(28-47(62)78)67-51(80)39(21-22-46(61)77)63-53(82)41(26-34-13-17-36(75)18-14-34)65-52(81)40(25-30(2)3)64-50(79)38(60)11-8-9-23-59/h13-20,29-33,38-45,48-49,73-76H,7-12,21-28,59-60H2,1-6H3,(H2,61,77)(H2,62,78)(H,63,82)(H,64,79)(H,65,81)(H,66,85)(H,67,80)(H,68,83)(H,69,84)(H,70,86)/t31-,32+,33+,38-,39-,40-,41-,42-,43-,44+,45-,48-,49-/m0/s1. The van der Waals surface area contributed by atoms with Crippen LogP contribution in [0.3, 0.4) is 0 Å². The smallest absolute Gasteiger partial charge is 0.246 e. The lowest BCUT2D eigenvalue weighted by molar-refractivity contribution is -0.144. The van der Waals surface area contributed by atoms with Crippen LogP contribution in [0, 0.1) is 11.8 Å². The van der Waals surface area contributed by atoms with Crippen molar-refractivity contribution in [2.45, 2.75) is 191 Å². The van der Waals surface area contributed by atoms with Crippen molar-refractivity contribution in [3.05, 3.63) is 59.7 Å². The number of aromatic hydroxyl groups is 2. The van der Waals surface area contributed by atoms with Crippen molar-refractivity contribution in [2.24, 2.45) is 34.8 Å². The lowest BCUT2D eigenvalue weighted by Crippen LogP contribution is -2.63. The van der Waals surface area contributed by atoms with E-state index in [0.717, 1.165) is 18.7 Å². The minimum atomic E-state index is -1.86. The van der Waals surface area contributed by atoms with Gasteiger partial charge >= 0.3 is 0 Å². The number of amides is 11. The first-order valence-corrected chi connectivity index (χ1v) is 29.1. The first-order valence-electron chi connectivity index (χ1n) is 29.1. The van der Waals surface area contributed by atoms with Crippen molar-refractivity contribution >= 4 is 71.3 Å². The van der Waals surface area contributed by atoms with E-state index in [9.17, 15) is 78.0 Å². The molecule has 0 bridgehead atoms. The molecule has 1 fully saturated rings. The zero-order chi connectivity index (χ0) is 65.2. The van der Waals surface area contributed by atoms with Gasteiger partial charge in [0.05, 0.1) is 30.7 Å². The number of phenols is 2. The molecule has 3 rings (SSSR count). The molecular formula is C58H89N13O16. The molecule has 0 aliphatic carbocycles. The fourth-order valence-corrected chi connectivity index (χ4v) is 9.45. The van der Waals surface area contributed by atoms with Crippen LogP contribution in [0.1, 0.15) is 117 Å². The molecule has 1 aliphatic rings. The quantitative estimate of drug-likeness (QED) is 0.0230. The Bertz CT molecular complexity index is 2680. The van der Waals surface area contributed by atoms with Crippen molar-refractivity contribution in [1.29, 1.82) is 0 Å². The minimum absolute atomic E-state index is 0.0527. The number of unbranched alkanes of at least 4 members (excludes halogenated alkanes) is 1. The van der Waals surface area contributed by atoms with Gasteiger partial charge in [0, 0.05) is 25.8 Å². The third-order valence-corrected chi connectivity index (χ3v) is 14.7. The lowest BCUT2D eigenvalue weighted by atomic mass is 9.98. The molecule has 2 aromatic carbocycles. The van der Waals surface area contributed by atoms with E-state index in [1.54, 1.807) is 20.8 Å². The fraction of sp³-hybridized carbons (Fsp3) is 0.586. The maximum absolute atomic E-state index is 14.5. The number of carbonyl (C=O) groups is 12. The van der Waals surface area contributed by atoms with Crippen LogP contribution in [0.15, 0.2) is 48.5 Å². The van der Waals surface area contributed by atoms with Gasteiger partial charge in [-0.25, -0.2) is 0 Å². The van der Waals surface area contributed by atoms with Gasteiger partial charge in [0.1, 0.15) is 66.1 Å². The molecule has 11 amide bonds. The topological polar surface area (TPSA) is 489 Å². The summed E-state index contributed by atoms with van der Waals surface area (Å²) in [6.07, 6.45) is -2.90. The maximum atomic E-state index is 14.5. The molecule has 2 aromatic rings. The third-order valence-electron chi connectivity index (χ3n) is 14.7. The van der Waals surface area contributed by atoms with Crippen molar-refractivity contribution in [3.8, 4) is 11.5 Å². The van der Waals surface area contributed by atoms with Crippen LogP contribution >= 0.6 is 0 Å². The second kappa shape index (κ2) is 36.0. The molecule has 482 valence electrons. The van der Waals surface area contributed by atoms with Gasteiger partial charge in [0.25, 0.3) is 0 Å². The van der Waals surface area contributed by atoms with Gasteiger partial charge in [0.15, 0.2) is 0 Å². The van der Waals surface area contributed by atoms with Gasteiger partial charge in [-0.1, -0.05) is 64.8 Å². The molecule has 0 unspecified atom stereocenters. The number of nitrogens with zero attached hydrogens (tertiary/aromatic N) is 1. The molecule has 1 saturated heterocycles. The summed E-state index contributed by atoms with van der Waals surface area (Å²) in [5.74, 6) is -11.3. The molecule has 87 heavy (non-hydrogen) atoms. The predicted octanol–water partition coefficient (Wildman–Crippen LogP) is -3.60. The Balaban J connectivity index is 1.89. The van der Waals surface area contributed by atoms with Gasteiger partial charge in [-0.15, -0.1) is 0 Å². The number of likely N-dealkylation sites (tertiary alicyclic amines) is 1. The summed E-state index contributed by atoms with van der Waals surface area (Å²) in [6, 6.07) is -3.39. The number of aliphatic hydroxyl groups is 2. The first kappa shape index (κ1) is 73.0. The van der Waals surface area contributed by atoms with Crippen molar-refractivity contribution < 1.29 is 78.0 Å². The summed E-state index contributed by atoms with van der Waals surface area (Å²) in [7, 11) is 0. The molecule has 13 atom stereocenters.